The molecule has 4 aromatic rings. The molecule has 0 aliphatic carbocycles. The summed E-state index contributed by atoms with van der Waals surface area (Å²) in [4.78, 5) is 32.1. The van der Waals surface area contributed by atoms with Crippen LogP contribution < -0.4 is 5.32 Å². The second-order valence-corrected chi connectivity index (χ2v) is 6.14. The maximum Gasteiger partial charge on any atom is 0.226 e. The van der Waals surface area contributed by atoms with E-state index in [1.165, 1.54) is 6.33 Å². The van der Waals surface area contributed by atoms with Gasteiger partial charge in [-0.25, -0.2) is 15.0 Å². The number of hydrogen-bond acceptors (Lipinski definition) is 6. The van der Waals surface area contributed by atoms with Gasteiger partial charge in [-0.1, -0.05) is 0 Å². The Kier molecular flexibility index (Phi) is 3.08. The molecular formula is C17H14N8O. The van der Waals surface area contributed by atoms with E-state index in [9.17, 15) is 4.79 Å². The average Bonchev–Trinajstić information content (AvgIpc) is 3.26. The molecule has 0 aromatic carbocycles. The number of imidazole rings is 1. The highest BCUT2D eigenvalue weighted by Gasteiger charge is 2.33. The van der Waals surface area contributed by atoms with Gasteiger partial charge in [-0.2, -0.15) is 9.78 Å². The zero-order valence-electron chi connectivity index (χ0n) is 13.8. The number of anilines is 1. The molecule has 0 spiro atoms. The number of carbonyl (C=O) groups excluding carboxylic acids is 1. The molecule has 1 atom stereocenters. The first-order chi connectivity index (χ1) is 12.7. The first kappa shape index (κ1) is 14.7. The molecule has 1 unspecified atom stereocenters. The van der Waals surface area contributed by atoms with E-state index >= 15 is 0 Å². The van der Waals surface area contributed by atoms with Crippen molar-refractivity contribution in [2.24, 2.45) is 0 Å². The number of H-pyrrole nitrogens is 1. The molecule has 1 amide bonds. The number of hydrogen-bond donors (Lipinski definition) is 2. The summed E-state index contributed by atoms with van der Waals surface area (Å²) in [6.07, 6.45) is 6.84. The summed E-state index contributed by atoms with van der Waals surface area (Å²) in [7, 11) is 0. The van der Waals surface area contributed by atoms with Crippen LogP contribution in [0.2, 0.25) is 0 Å². The molecule has 5 rings (SSSR count). The fourth-order valence-electron chi connectivity index (χ4n) is 3.49. The minimum atomic E-state index is -0.0744. The number of aromatic nitrogens is 7. The minimum absolute atomic E-state index is 0.0598. The van der Waals surface area contributed by atoms with Gasteiger partial charge in [0.2, 0.25) is 5.91 Å². The quantitative estimate of drug-likeness (QED) is 0.571. The van der Waals surface area contributed by atoms with Crippen LogP contribution in [0.15, 0.2) is 37.2 Å². The largest absolute Gasteiger partial charge is 0.340 e. The first-order valence-electron chi connectivity index (χ1n) is 8.16. The van der Waals surface area contributed by atoms with Crippen molar-refractivity contribution >= 4 is 22.9 Å². The number of aryl methyl sites for hydroxylation is 1. The van der Waals surface area contributed by atoms with Crippen LogP contribution in [0.5, 0.6) is 0 Å². The summed E-state index contributed by atoms with van der Waals surface area (Å²) in [5.74, 6) is 1.05. The van der Waals surface area contributed by atoms with Gasteiger partial charge in [-0.3, -0.25) is 9.78 Å². The SMILES string of the molecule is Cc1nn(-c2ncnc3nc[nH]c23)c2c1C(c1ccncc1)CC(=O)N2. The van der Waals surface area contributed by atoms with E-state index in [-0.39, 0.29) is 11.8 Å². The molecule has 0 saturated carbocycles. The highest BCUT2D eigenvalue weighted by Crippen LogP contribution is 2.40. The van der Waals surface area contributed by atoms with E-state index in [4.69, 9.17) is 0 Å². The third kappa shape index (κ3) is 2.10. The van der Waals surface area contributed by atoms with Crippen LogP contribution in [0.25, 0.3) is 17.0 Å². The Hall–Kier alpha value is -3.62. The van der Waals surface area contributed by atoms with Gasteiger partial charge in [0.1, 0.15) is 17.7 Å². The predicted octanol–water partition coefficient (Wildman–Crippen LogP) is 1.72. The number of nitrogens with one attached hydrogen (secondary N) is 2. The third-order valence-corrected chi connectivity index (χ3v) is 4.61. The van der Waals surface area contributed by atoms with E-state index in [0.717, 1.165) is 16.8 Å². The summed E-state index contributed by atoms with van der Waals surface area (Å²) in [5, 5.41) is 7.61. The van der Waals surface area contributed by atoms with Gasteiger partial charge in [0, 0.05) is 30.3 Å². The van der Waals surface area contributed by atoms with Crippen LogP contribution in [0.3, 0.4) is 0 Å². The highest BCUT2D eigenvalue weighted by molar-refractivity contribution is 5.95. The van der Waals surface area contributed by atoms with Crippen LogP contribution >= 0.6 is 0 Å². The Bertz CT molecular complexity index is 1130. The van der Waals surface area contributed by atoms with Crippen molar-refractivity contribution in [3.05, 3.63) is 54.0 Å². The van der Waals surface area contributed by atoms with Gasteiger partial charge in [-0.15, -0.1) is 0 Å². The normalized spacial score (nSPS) is 16.5. The van der Waals surface area contributed by atoms with Gasteiger partial charge in [-0.05, 0) is 24.6 Å². The fourth-order valence-corrected chi connectivity index (χ4v) is 3.49. The monoisotopic (exact) mass is 346 g/mol. The average molecular weight is 346 g/mol. The summed E-state index contributed by atoms with van der Waals surface area (Å²) in [6, 6.07) is 3.86. The van der Waals surface area contributed by atoms with Gasteiger partial charge in [0.15, 0.2) is 11.5 Å². The maximum absolute atomic E-state index is 12.4. The topological polar surface area (TPSA) is 114 Å². The molecule has 9 heteroatoms. The van der Waals surface area contributed by atoms with Gasteiger partial charge in [0.05, 0.1) is 12.0 Å². The van der Waals surface area contributed by atoms with Crippen molar-refractivity contribution in [3.63, 3.8) is 0 Å². The Balaban J connectivity index is 1.74. The second kappa shape index (κ2) is 5.45. The lowest BCUT2D eigenvalue weighted by Gasteiger charge is -2.24. The molecule has 128 valence electrons. The lowest BCUT2D eigenvalue weighted by Crippen LogP contribution is -2.25. The maximum atomic E-state index is 12.4. The molecule has 0 radical (unpaired) electrons. The third-order valence-electron chi connectivity index (χ3n) is 4.61. The molecule has 0 saturated heterocycles. The highest BCUT2D eigenvalue weighted by atomic mass is 16.1. The van der Waals surface area contributed by atoms with E-state index in [2.05, 4.69) is 35.3 Å². The first-order valence-corrected chi connectivity index (χ1v) is 8.16. The lowest BCUT2D eigenvalue weighted by molar-refractivity contribution is -0.116. The Morgan fingerprint density at radius 3 is 2.88 bits per heavy atom. The van der Waals surface area contributed by atoms with Crippen molar-refractivity contribution < 1.29 is 4.79 Å². The number of fused-ring (bicyclic) bond motifs is 2. The molecule has 4 aromatic heterocycles. The minimum Gasteiger partial charge on any atom is -0.340 e. The zero-order valence-corrected chi connectivity index (χ0v) is 13.8. The molecule has 1 aliphatic rings. The zero-order chi connectivity index (χ0) is 17.7. The van der Waals surface area contributed by atoms with Crippen LogP contribution in [0.4, 0.5) is 5.82 Å². The molecule has 2 N–H and O–H groups in total. The Morgan fingerprint density at radius 2 is 2.04 bits per heavy atom. The molecule has 9 nitrogen and oxygen atoms in total. The Labute approximate surface area is 147 Å². The second-order valence-electron chi connectivity index (χ2n) is 6.14. The van der Waals surface area contributed by atoms with Crippen molar-refractivity contribution in [3.8, 4) is 5.82 Å². The molecule has 26 heavy (non-hydrogen) atoms. The van der Waals surface area contributed by atoms with Crippen molar-refractivity contribution in [2.45, 2.75) is 19.3 Å². The predicted molar refractivity (Wildman–Crippen MR) is 92.9 cm³/mol. The molecule has 1 aliphatic heterocycles. The Morgan fingerprint density at radius 1 is 1.19 bits per heavy atom. The van der Waals surface area contributed by atoms with Crippen molar-refractivity contribution in [1.82, 2.24) is 34.7 Å². The van der Waals surface area contributed by atoms with Crippen molar-refractivity contribution in [2.75, 3.05) is 5.32 Å². The molecule has 5 heterocycles. The van der Waals surface area contributed by atoms with E-state index in [0.29, 0.717) is 29.2 Å². The van der Waals surface area contributed by atoms with E-state index in [1.54, 1.807) is 23.4 Å². The molecular weight excluding hydrogens is 332 g/mol. The van der Waals surface area contributed by atoms with Crippen LogP contribution in [-0.2, 0) is 4.79 Å². The fraction of sp³-hybridized carbons (Fsp3) is 0.176. The van der Waals surface area contributed by atoms with Crippen LogP contribution in [0, 0.1) is 6.92 Å². The summed E-state index contributed by atoms with van der Waals surface area (Å²) in [6.45, 7) is 1.94. The number of pyridine rings is 1. The number of aromatic amines is 1. The van der Waals surface area contributed by atoms with E-state index in [1.807, 2.05) is 19.1 Å². The van der Waals surface area contributed by atoms with Gasteiger partial charge < -0.3 is 10.3 Å². The van der Waals surface area contributed by atoms with Crippen LogP contribution in [0.1, 0.15) is 29.2 Å². The van der Waals surface area contributed by atoms with Gasteiger partial charge in [0.25, 0.3) is 0 Å². The number of rotatable bonds is 2. The van der Waals surface area contributed by atoms with E-state index < -0.39 is 0 Å². The smallest absolute Gasteiger partial charge is 0.226 e. The number of nitrogens with zero attached hydrogens (tertiary/aromatic N) is 6. The van der Waals surface area contributed by atoms with Crippen LogP contribution in [-0.4, -0.2) is 40.6 Å². The molecule has 0 fully saturated rings. The number of amides is 1. The summed E-state index contributed by atoms with van der Waals surface area (Å²) in [5.41, 5.74) is 4.08. The standard InChI is InChI=1S/C17H14N8O/c1-9-13-11(10-2-4-18-5-3-10)6-12(26)23-16(13)25(24-9)17-14-15(20-7-19-14)21-8-22-17/h2-5,7-8,11H,6H2,1H3,(H,23,26)(H,19,20,21,22). The summed E-state index contributed by atoms with van der Waals surface area (Å²) < 4.78 is 1.65. The summed E-state index contributed by atoms with van der Waals surface area (Å²) >= 11 is 0. The van der Waals surface area contributed by atoms with Crippen molar-refractivity contribution in [1.29, 1.82) is 0 Å². The lowest BCUT2D eigenvalue weighted by atomic mass is 9.86. The molecule has 0 bridgehead atoms. The number of carbonyl (C=O) groups is 1. The van der Waals surface area contributed by atoms with Gasteiger partial charge >= 0.3 is 0 Å².